The smallest absolute Gasteiger partial charge is 0.126 e. The third-order valence-corrected chi connectivity index (χ3v) is 7.34. The Kier molecular flexibility index (Phi) is 5.68. The fraction of sp³-hybridized carbons (Fsp3) is 0.739. The van der Waals surface area contributed by atoms with Crippen LogP contribution in [0.25, 0.3) is 0 Å². The normalized spacial score (nSPS) is 34.8. The molecule has 3 N–H and O–H groups in total. The van der Waals surface area contributed by atoms with Gasteiger partial charge in [-0.25, -0.2) is 0 Å². The van der Waals surface area contributed by atoms with Gasteiger partial charge in [0.1, 0.15) is 18.7 Å². The Labute approximate surface area is 158 Å². The molecule has 0 amide bonds. The van der Waals surface area contributed by atoms with E-state index in [4.69, 9.17) is 4.74 Å². The summed E-state index contributed by atoms with van der Waals surface area (Å²) in [5.41, 5.74) is 1.90. The molecular weight excluding hydrogens is 322 g/mol. The molecule has 0 aliphatic heterocycles. The van der Waals surface area contributed by atoms with Crippen molar-refractivity contribution in [2.75, 3.05) is 19.8 Å². The molecule has 4 fully saturated rings. The van der Waals surface area contributed by atoms with Crippen molar-refractivity contribution in [3.8, 4) is 0 Å². The summed E-state index contributed by atoms with van der Waals surface area (Å²) in [6, 6.07) is 10.9. The van der Waals surface area contributed by atoms with Crippen LogP contribution in [0.5, 0.6) is 0 Å². The highest BCUT2D eigenvalue weighted by Crippen LogP contribution is 2.61. The SMILES string of the molecule is C[C@H]([NH2+]C[C@H](O)COCCC12CC3CC(CC(C3)C1)C2)c1ccccc1. The van der Waals surface area contributed by atoms with Crippen molar-refractivity contribution in [3.63, 3.8) is 0 Å². The molecule has 4 aliphatic carbocycles. The lowest BCUT2D eigenvalue weighted by molar-refractivity contribution is -0.698. The Bertz CT molecular complexity index is 538. The number of nitrogens with two attached hydrogens (primary N) is 1. The van der Waals surface area contributed by atoms with E-state index in [0.717, 1.165) is 24.4 Å². The lowest BCUT2D eigenvalue weighted by atomic mass is 9.49. The average molecular weight is 359 g/mol. The van der Waals surface area contributed by atoms with E-state index in [0.29, 0.717) is 24.6 Å². The predicted molar refractivity (Wildman–Crippen MR) is 104 cm³/mol. The molecule has 4 saturated carbocycles. The molecule has 0 heterocycles. The highest BCUT2D eigenvalue weighted by molar-refractivity contribution is 5.16. The van der Waals surface area contributed by atoms with Crippen molar-refractivity contribution >= 4 is 0 Å². The molecule has 0 radical (unpaired) electrons. The topological polar surface area (TPSA) is 46.1 Å². The Balaban J connectivity index is 1.14. The summed E-state index contributed by atoms with van der Waals surface area (Å²) >= 11 is 0. The van der Waals surface area contributed by atoms with Crippen molar-refractivity contribution in [2.45, 2.75) is 64.0 Å². The van der Waals surface area contributed by atoms with Gasteiger partial charge in [-0.2, -0.15) is 0 Å². The lowest BCUT2D eigenvalue weighted by Gasteiger charge is -2.57. The maximum atomic E-state index is 10.2. The molecule has 4 bridgehead atoms. The molecule has 3 heteroatoms. The number of aliphatic hydroxyl groups excluding tert-OH is 1. The quantitative estimate of drug-likeness (QED) is 0.666. The Morgan fingerprint density at radius 3 is 2.31 bits per heavy atom. The summed E-state index contributed by atoms with van der Waals surface area (Å²) in [6.07, 6.45) is 9.72. The van der Waals surface area contributed by atoms with Crippen LogP contribution in [0.3, 0.4) is 0 Å². The second-order valence-electron chi connectivity index (χ2n) is 9.57. The number of quaternary nitrogens is 1. The van der Waals surface area contributed by atoms with E-state index in [9.17, 15) is 5.11 Å². The van der Waals surface area contributed by atoms with Crippen molar-refractivity contribution in [1.82, 2.24) is 0 Å². The van der Waals surface area contributed by atoms with Gasteiger partial charge in [0, 0.05) is 12.2 Å². The number of benzene rings is 1. The summed E-state index contributed by atoms with van der Waals surface area (Å²) in [7, 11) is 0. The van der Waals surface area contributed by atoms with Crippen LogP contribution in [0, 0.1) is 23.2 Å². The Morgan fingerprint density at radius 1 is 1.08 bits per heavy atom. The average Bonchev–Trinajstić information content (AvgIpc) is 2.63. The fourth-order valence-corrected chi connectivity index (χ4v) is 6.43. The molecule has 144 valence electrons. The monoisotopic (exact) mass is 358 g/mol. The zero-order valence-electron chi connectivity index (χ0n) is 16.3. The van der Waals surface area contributed by atoms with E-state index in [1.54, 1.807) is 0 Å². The molecule has 26 heavy (non-hydrogen) atoms. The molecule has 0 unspecified atom stereocenters. The van der Waals surface area contributed by atoms with Crippen molar-refractivity contribution in [3.05, 3.63) is 35.9 Å². The first-order chi connectivity index (χ1) is 12.6. The molecule has 1 aromatic rings. The van der Waals surface area contributed by atoms with Crippen LogP contribution in [0.15, 0.2) is 30.3 Å². The second-order valence-corrected chi connectivity index (χ2v) is 9.57. The van der Waals surface area contributed by atoms with E-state index in [1.807, 2.05) is 6.07 Å². The van der Waals surface area contributed by atoms with Gasteiger partial charge in [0.25, 0.3) is 0 Å². The van der Waals surface area contributed by atoms with Crippen LogP contribution in [0.1, 0.15) is 63.5 Å². The largest absolute Gasteiger partial charge is 0.385 e. The third kappa shape index (κ3) is 4.32. The molecule has 0 saturated heterocycles. The van der Waals surface area contributed by atoms with Crippen LogP contribution in [0.4, 0.5) is 0 Å². The van der Waals surface area contributed by atoms with Gasteiger partial charge in [0.05, 0.1) is 6.61 Å². The first kappa shape index (κ1) is 18.5. The number of hydrogen-bond acceptors (Lipinski definition) is 2. The number of rotatable bonds is 9. The van der Waals surface area contributed by atoms with Crippen molar-refractivity contribution < 1.29 is 15.2 Å². The van der Waals surface area contributed by atoms with Crippen LogP contribution in [0.2, 0.25) is 0 Å². The van der Waals surface area contributed by atoms with E-state index in [2.05, 4.69) is 36.5 Å². The highest BCUT2D eigenvalue weighted by atomic mass is 16.5. The summed E-state index contributed by atoms with van der Waals surface area (Å²) in [6.45, 7) is 4.20. The number of hydrogen-bond donors (Lipinski definition) is 2. The zero-order valence-corrected chi connectivity index (χ0v) is 16.3. The summed E-state index contributed by atoms with van der Waals surface area (Å²) in [5, 5.41) is 12.5. The molecule has 0 aromatic heterocycles. The fourth-order valence-electron chi connectivity index (χ4n) is 6.43. The maximum Gasteiger partial charge on any atom is 0.126 e. The highest BCUT2D eigenvalue weighted by Gasteiger charge is 2.50. The first-order valence-electron chi connectivity index (χ1n) is 10.8. The van der Waals surface area contributed by atoms with Gasteiger partial charge >= 0.3 is 0 Å². The predicted octanol–water partition coefficient (Wildman–Crippen LogP) is 3.30. The van der Waals surface area contributed by atoms with Gasteiger partial charge in [-0.1, -0.05) is 30.3 Å². The summed E-state index contributed by atoms with van der Waals surface area (Å²) < 4.78 is 5.90. The van der Waals surface area contributed by atoms with Gasteiger partial charge in [-0.05, 0) is 75.0 Å². The minimum absolute atomic E-state index is 0.373. The van der Waals surface area contributed by atoms with E-state index in [1.165, 1.54) is 50.5 Å². The Morgan fingerprint density at radius 2 is 1.69 bits per heavy atom. The van der Waals surface area contributed by atoms with Crippen molar-refractivity contribution in [2.24, 2.45) is 23.2 Å². The third-order valence-electron chi connectivity index (χ3n) is 7.34. The van der Waals surface area contributed by atoms with Crippen molar-refractivity contribution in [1.29, 1.82) is 0 Å². The standard InChI is InChI=1S/C23H35NO2/c1-17(21-5-3-2-4-6-21)24-15-22(25)16-26-8-7-23-12-18-9-19(13-23)11-20(10-18)14-23/h2-6,17-20,22,24-25H,7-16H2,1H3/p+1/t17-,18?,19?,20?,22-,23?/m0/s1. The number of aliphatic hydroxyl groups is 1. The van der Waals surface area contributed by atoms with Crippen LogP contribution in [-0.2, 0) is 4.74 Å². The lowest BCUT2D eigenvalue weighted by Crippen LogP contribution is -2.87. The van der Waals surface area contributed by atoms with Crippen LogP contribution < -0.4 is 5.32 Å². The van der Waals surface area contributed by atoms with Gasteiger partial charge in [-0.15, -0.1) is 0 Å². The second kappa shape index (κ2) is 8.00. The van der Waals surface area contributed by atoms with Crippen LogP contribution >= 0.6 is 0 Å². The number of ether oxygens (including phenoxy) is 1. The molecule has 0 spiro atoms. The molecular formula is C23H36NO2+. The molecule has 2 atom stereocenters. The zero-order chi connectivity index (χ0) is 18.0. The van der Waals surface area contributed by atoms with E-state index >= 15 is 0 Å². The van der Waals surface area contributed by atoms with Gasteiger partial charge in [0.2, 0.25) is 0 Å². The summed E-state index contributed by atoms with van der Waals surface area (Å²) in [5.74, 6) is 3.04. The van der Waals surface area contributed by atoms with Gasteiger partial charge < -0.3 is 15.2 Å². The van der Waals surface area contributed by atoms with Gasteiger partial charge in [0.15, 0.2) is 0 Å². The molecule has 3 nitrogen and oxygen atoms in total. The first-order valence-corrected chi connectivity index (χ1v) is 10.8. The Hall–Kier alpha value is -0.900. The molecule has 5 rings (SSSR count). The minimum Gasteiger partial charge on any atom is -0.385 e. The minimum atomic E-state index is -0.377. The van der Waals surface area contributed by atoms with Crippen LogP contribution in [-0.4, -0.2) is 31.0 Å². The summed E-state index contributed by atoms with van der Waals surface area (Å²) in [4.78, 5) is 0. The maximum absolute atomic E-state index is 10.2. The van der Waals surface area contributed by atoms with E-state index < -0.39 is 0 Å². The van der Waals surface area contributed by atoms with Gasteiger partial charge in [-0.3, -0.25) is 0 Å². The molecule has 1 aromatic carbocycles. The van der Waals surface area contributed by atoms with E-state index in [-0.39, 0.29) is 6.10 Å². The molecule has 4 aliphatic rings.